The average molecular weight is 152 g/mol. The first-order valence-electron chi connectivity index (χ1n) is 3.89. The van der Waals surface area contributed by atoms with Crippen molar-refractivity contribution in [2.75, 3.05) is 7.11 Å². The summed E-state index contributed by atoms with van der Waals surface area (Å²) in [5.74, 6) is 5.65. The summed E-state index contributed by atoms with van der Waals surface area (Å²) in [6.45, 7) is 0. The lowest BCUT2D eigenvalue weighted by Gasteiger charge is -1.86. The van der Waals surface area contributed by atoms with Gasteiger partial charge in [0.1, 0.15) is 0 Å². The average Bonchev–Trinajstić information content (AvgIpc) is 2.81. The highest BCUT2D eigenvalue weighted by Crippen LogP contribution is 2.33. The van der Waals surface area contributed by atoms with Crippen LogP contribution < -0.4 is 0 Å². The van der Waals surface area contributed by atoms with Gasteiger partial charge in [0.2, 0.25) is 0 Å². The fourth-order valence-corrected chi connectivity index (χ4v) is 0.869. The molecule has 0 aromatic rings. The van der Waals surface area contributed by atoms with Crippen LogP contribution in [0.25, 0.3) is 0 Å². The zero-order chi connectivity index (χ0) is 8.10. The predicted octanol–water partition coefficient (Wildman–Crippen LogP) is 1.35. The molecule has 0 radical (unpaired) electrons. The molecule has 0 unspecified atom stereocenters. The largest absolute Gasteiger partial charge is 0.459 e. The summed E-state index contributed by atoms with van der Waals surface area (Å²) in [5, 5.41) is 0. The van der Waals surface area contributed by atoms with Crippen molar-refractivity contribution >= 4 is 5.97 Å². The summed E-state index contributed by atoms with van der Waals surface area (Å²) >= 11 is 0. The summed E-state index contributed by atoms with van der Waals surface area (Å²) in [7, 11) is 1.35. The Morgan fingerprint density at radius 2 is 2.36 bits per heavy atom. The van der Waals surface area contributed by atoms with E-state index in [4.69, 9.17) is 0 Å². The van der Waals surface area contributed by atoms with Gasteiger partial charge in [0.05, 0.1) is 7.11 Å². The van der Waals surface area contributed by atoms with E-state index < -0.39 is 5.97 Å². The van der Waals surface area contributed by atoms with Crippen LogP contribution in [0.1, 0.15) is 25.7 Å². The van der Waals surface area contributed by atoms with Gasteiger partial charge in [-0.05, 0) is 12.3 Å². The Balaban J connectivity index is 2.05. The topological polar surface area (TPSA) is 26.3 Å². The van der Waals surface area contributed by atoms with Gasteiger partial charge in [0.25, 0.3) is 0 Å². The molecule has 0 bridgehead atoms. The van der Waals surface area contributed by atoms with Gasteiger partial charge < -0.3 is 4.74 Å². The molecule has 2 heteroatoms. The maximum Gasteiger partial charge on any atom is 0.384 e. The van der Waals surface area contributed by atoms with Gasteiger partial charge in [-0.2, -0.15) is 0 Å². The molecule has 0 N–H and O–H groups in total. The van der Waals surface area contributed by atoms with Crippen molar-refractivity contribution in [3.8, 4) is 11.8 Å². The number of ether oxygens (including phenoxy) is 1. The van der Waals surface area contributed by atoms with Crippen molar-refractivity contribution in [2.45, 2.75) is 25.7 Å². The first-order valence-corrected chi connectivity index (χ1v) is 3.89. The van der Waals surface area contributed by atoms with Crippen molar-refractivity contribution < 1.29 is 9.53 Å². The molecule has 1 saturated carbocycles. The molecule has 1 fully saturated rings. The Morgan fingerprint density at radius 3 is 2.91 bits per heavy atom. The Bertz CT molecular complexity index is 193. The molecule has 0 aromatic heterocycles. The second kappa shape index (κ2) is 4.02. The van der Waals surface area contributed by atoms with Crippen LogP contribution in [0.15, 0.2) is 0 Å². The number of carbonyl (C=O) groups is 1. The van der Waals surface area contributed by atoms with Gasteiger partial charge in [0.15, 0.2) is 0 Å². The second-order valence-corrected chi connectivity index (χ2v) is 2.78. The molecule has 0 aliphatic heterocycles. The maximum atomic E-state index is 10.5. The Kier molecular flexibility index (Phi) is 2.97. The van der Waals surface area contributed by atoms with Gasteiger partial charge in [-0.25, -0.2) is 4.79 Å². The van der Waals surface area contributed by atoms with Gasteiger partial charge in [-0.1, -0.05) is 18.8 Å². The first kappa shape index (κ1) is 8.13. The minimum atomic E-state index is -0.430. The lowest BCUT2D eigenvalue weighted by molar-refractivity contribution is -0.133. The molecular formula is C9H12O2. The third-order valence-electron chi connectivity index (χ3n) is 1.75. The highest BCUT2D eigenvalue weighted by Gasteiger charge is 2.19. The van der Waals surface area contributed by atoms with Crippen LogP contribution in [0.4, 0.5) is 0 Å². The third kappa shape index (κ3) is 3.67. The molecule has 2 nitrogen and oxygen atoms in total. The fourth-order valence-electron chi connectivity index (χ4n) is 0.869. The number of carbonyl (C=O) groups excluding carboxylic acids is 1. The van der Waals surface area contributed by atoms with E-state index in [-0.39, 0.29) is 0 Å². The highest BCUT2D eigenvalue weighted by atomic mass is 16.5. The standard InChI is InChI=1S/C9H12O2/c1-11-9(10)5-3-2-4-8-6-7-8/h8H,2,4,6-7H2,1H3. The molecule has 1 aliphatic carbocycles. The van der Waals surface area contributed by atoms with Gasteiger partial charge in [0, 0.05) is 12.3 Å². The summed E-state index contributed by atoms with van der Waals surface area (Å²) in [4.78, 5) is 10.5. The molecular weight excluding hydrogens is 140 g/mol. The van der Waals surface area contributed by atoms with Crippen LogP contribution >= 0.6 is 0 Å². The van der Waals surface area contributed by atoms with E-state index >= 15 is 0 Å². The number of rotatable bonds is 2. The predicted molar refractivity (Wildman–Crippen MR) is 41.8 cm³/mol. The molecule has 1 rings (SSSR count). The van der Waals surface area contributed by atoms with E-state index in [9.17, 15) is 4.79 Å². The van der Waals surface area contributed by atoms with Crippen LogP contribution in [-0.2, 0) is 9.53 Å². The molecule has 0 aromatic carbocycles. The summed E-state index contributed by atoms with van der Waals surface area (Å²) in [5.41, 5.74) is 0. The smallest absolute Gasteiger partial charge is 0.384 e. The fraction of sp³-hybridized carbons (Fsp3) is 0.667. The molecule has 0 heterocycles. The van der Waals surface area contributed by atoms with Crippen LogP contribution in [0.2, 0.25) is 0 Å². The van der Waals surface area contributed by atoms with Crippen molar-refractivity contribution in [3.05, 3.63) is 0 Å². The van der Waals surface area contributed by atoms with Gasteiger partial charge >= 0.3 is 5.97 Å². The van der Waals surface area contributed by atoms with Crippen molar-refractivity contribution in [3.63, 3.8) is 0 Å². The van der Waals surface area contributed by atoms with Crippen LogP contribution in [0.3, 0.4) is 0 Å². The minimum absolute atomic E-state index is 0.430. The molecule has 1 aliphatic rings. The number of hydrogen-bond donors (Lipinski definition) is 0. The second-order valence-electron chi connectivity index (χ2n) is 2.78. The van der Waals surface area contributed by atoms with Crippen molar-refractivity contribution in [1.82, 2.24) is 0 Å². The molecule has 0 atom stereocenters. The third-order valence-corrected chi connectivity index (χ3v) is 1.75. The van der Waals surface area contributed by atoms with Gasteiger partial charge in [-0.15, -0.1) is 0 Å². The normalized spacial score (nSPS) is 15.0. The van der Waals surface area contributed by atoms with Gasteiger partial charge in [-0.3, -0.25) is 0 Å². The lowest BCUT2D eigenvalue weighted by Crippen LogP contribution is -1.94. The number of hydrogen-bond acceptors (Lipinski definition) is 2. The van der Waals surface area contributed by atoms with Crippen LogP contribution in [0, 0.1) is 17.8 Å². The number of methoxy groups -OCH3 is 1. The molecule has 60 valence electrons. The van der Waals surface area contributed by atoms with Crippen molar-refractivity contribution in [1.29, 1.82) is 0 Å². The van der Waals surface area contributed by atoms with E-state index in [0.717, 1.165) is 18.8 Å². The first-order chi connectivity index (χ1) is 5.33. The molecule has 0 spiro atoms. The quantitative estimate of drug-likeness (QED) is 0.339. The van der Waals surface area contributed by atoms with Crippen molar-refractivity contribution in [2.24, 2.45) is 5.92 Å². The Morgan fingerprint density at radius 1 is 1.64 bits per heavy atom. The summed E-state index contributed by atoms with van der Waals surface area (Å²) < 4.78 is 4.36. The highest BCUT2D eigenvalue weighted by molar-refractivity contribution is 5.88. The zero-order valence-corrected chi connectivity index (χ0v) is 6.72. The molecule has 11 heavy (non-hydrogen) atoms. The van der Waals surface area contributed by atoms with E-state index in [2.05, 4.69) is 16.6 Å². The summed E-state index contributed by atoms with van der Waals surface area (Å²) in [6.07, 6.45) is 4.67. The minimum Gasteiger partial charge on any atom is -0.459 e. The van der Waals surface area contributed by atoms with E-state index in [1.807, 2.05) is 0 Å². The lowest BCUT2D eigenvalue weighted by atomic mass is 10.2. The molecule has 0 saturated heterocycles. The zero-order valence-electron chi connectivity index (χ0n) is 6.72. The maximum absolute atomic E-state index is 10.5. The summed E-state index contributed by atoms with van der Waals surface area (Å²) in [6, 6.07) is 0. The van der Waals surface area contributed by atoms with E-state index in [1.165, 1.54) is 20.0 Å². The molecule has 0 amide bonds. The van der Waals surface area contributed by atoms with Crippen LogP contribution in [0.5, 0.6) is 0 Å². The van der Waals surface area contributed by atoms with Crippen LogP contribution in [-0.4, -0.2) is 13.1 Å². The SMILES string of the molecule is COC(=O)C#CCCC1CC1. The Hall–Kier alpha value is -0.970. The monoisotopic (exact) mass is 152 g/mol. The number of esters is 1. The van der Waals surface area contributed by atoms with E-state index in [0.29, 0.717) is 0 Å². The Labute approximate surface area is 66.9 Å². The van der Waals surface area contributed by atoms with E-state index in [1.54, 1.807) is 0 Å².